The van der Waals surface area contributed by atoms with E-state index >= 15 is 0 Å². The van der Waals surface area contributed by atoms with Gasteiger partial charge in [-0.3, -0.25) is 4.79 Å². The Balaban J connectivity index is 1.97. The minimum Gasteiger partial charge on any atom is -0.507 e. The lowest BCUT2D eigenvalue weighted by molar-refractivity contribution is 0.0220. The van der Waals surface area contributed by atoms with Gasteiger partial charge in [-0.2, -0.15) is 0 Å². The van der Waals surface area contributed by atoms with Crippen LogP contribution in [-0.2, 0) is 11.3 Å². The highest BCUT2D eigenvalue weighted by atomic mass is 19.1. The van der Waals surface area contributed by atoms with Crippen molar-refractivity contribution >= 4 is 12.0 Å². The summed E-state index contributed by atoms with van der Waals surface area (Å²) in [5, 5.41) is 9.85. The average Bonchev–Trinajstić information content (AvgIpc) is 2.68. The predicted octanol–water partition coefficient (Wildman–Crippen LogP) is 4.47. The number of amides is 2. The normalized spacial score (nSPS) is 12.2. The van der Waals surface area contributed by atoms with E-state index in [1.165, 1.54) is 24.3 Å². The minimum absolute atomic E-state index is 0.0238. The minimum atomic E-state index is -0.719. The van der Waals surface area contributed by atoms with Gasteiger partial charge in [0.05, 0.1) is 12.2 Å². The van der Waals surface area contributed by atoms with Crippen LogP contribution >= 0.6 is 0 Å². The summed E-state index contributed by atoms with van der Waals surface area (Å²) in [5.41, 5.74) is 5.23. The Morgan fingerprint density at radius 1 is 1.19 bits per heavy atom. The van der Waals surface area contributed by atoms with Crippen molar-refractivity contribution in [2.45, 2.75) is 46.3 Å². The van der Waals surface area contributed by atoms with Gasteiger partial charge in [0.1, 0.15) is 22.9 Å². The van der Waals surface area contributed by atoms with Gasteiger partial charge < -0.3 is 25.2 Å². The molecule has 0 saturated carbocycles. The lowest BCUT2D eigenvalue weighted by atomic mass is 10.1. The first kappa shape index (κ1) is 25.0. The lowest BCUT2D eigenvalue weighted by Crippen LogP contribution is -2.37. The number of hydrogen-bond donors (Lipinski definition) is 2. The monoisotopic (exact) mass is 446 g/mol. The highest BCUT2D eigenvalue weighted by Gasteiger charge is 2.23. The molecule has 2 amide bonds. The van der Waals surface area contributed by atoms with Gasteiger partial charge >= 0.3 is 6.09 Å². The first-order valence-electron chi connectivity index (χ1n) is 10.4. The van der Waals surface area contributed by atoms with Crippen molar-refractivity contribution in [3.05, 3.63) is 59.4 Å². The molecular weight excluding hydrogens is 415 g/mol. The Morgan fingerprint density at radius 3 is 2.50 bits per heavy atom. The molecular formula is C24H31FN2O5. The van der Waals surface area contributed by atoms with E-state index in [1.807, 2.05) is 6.92 Å². The molecule has 2 aromatic carbocycles. The Hall–Kier alpha value is -3.29. The first-order valence-corrected chi connectivity index (χ1v) is 10.4. The molecule has 0 aliphatic heterocycles. The maximum Gasteiger partial charge on any atom is 0.410 e. The number of benzene rings is 2. The van der Waals surface area contributed by atoms with Gasteiger partial charge in [-0.25, -0.2) is 9.18 Å². The standard InChI is InChI=1S/C24H31FN2O5/c1-16(15-31-19-8-9-20(22(26)29)21(28)13-19)10-11-27(23(30)32-24(2,3)4)14-17-6-5-7-18(25)12-17/h5-9,12-13,16,28H,10-11,14-15H2,1-4H3,(H2,26,29). The third-order valence-electron chi connectivity index (χ3n) is 4.58. The van der Waals surface area contributed by atoms with Gasteiger partial charge in [0.25, 0.3) is 5.91 Å². The third kappa shape index (κ3) is 8.09. The highest BCUT2D eigenvalue weighted by Crippen LogP contribution is 2.24. The smallest absolute Gasteiger partial charge is 0.410 e. The van der Waals surface area contributed by atoms with Crippen LogP contribution in [-0.4, -0.2) is 40.8 Å². The zero-order valence-corrected chi connectivity index (χ0v) is 18.9. The SMILES string of the molecule is CC(CCN(Cc1cccc(F)c1)C(=O)OC(C)(C)C)COc1ccc(C(N)=O)c(O)c1. The second-order valence-corrected chi connectivity index (χ2v) is 8.78. The fraction of sp³-hybridized carbons (Fsp3) is 0.417. The van der Waals surface area contributed by atoms with Crippen LogP contribution in [0.4, 0.5) is 9.18 Å². The lowest BCUT2D eigenvalue weighted by Gasteiger charge is -2.28. The van der Waals surface area contributed by atoms with Gasteiger partial charge in [-0.15, -0.1) is 0 Å². The zero-order chi connectivity index (χ0) is 23.9. The molecule has 32 heavy (non-hydrogen) atoms. The summed E-state index contributed by atoms with van der Waals surface area (Å²) in [7, 11) is 0. The van der Waals surface area contributed by atoms with Crippen LogP contribution in [0.3, 0.4) is 0 Å². The van der Waals surface area contributed by atoms with Crippen molar-refractivity contribution < 1.29 is 28.6 Å². The highest BCUT2D eigenvalue weighted by molar-refractivity contribution is 5.95. The average molecular weight is 447 g/mol. The number of ether oxygens (including phenoxy) is 2. The van der Waals surface area contributed by atoms with Gasteiger partial charge in [0.2, 0.25) is 0 Å². The number of carbonyl (C=O) groups is 2. The fourth-order valence-electron chi connectivity index (χ4n) is 2.92. The summed E-state index contributed by atoms with van der Waals surface area (Å²) in [6.45, 7) is 8.29. The maximum atomic E-state index is 13.6. The quantitative estimate of drug-likeness (QED) is 0.592. The molecule has 1 atom stereocenters. The number of halogens is 1. The molecule has 7 nitrogen and oxygen atoms in total. The predicted molar refractivity (Wildman–Crippen MR) is 119 cm³/mol. The van der Waals surface area contributed by atoms with Crippen molar-refractivity contribution in [2.24, 2.45) is 11.7 Å². The summed E-state index contributed by atoms with van der Waals surface area (Å²) in [6.07, 6.45) is 0.141. The van der Waals surface area contributed by atoms with E-state index < -0.39 is 17.6 Å². The van der Waals surface area contributed by atoms with Crippen LogP contribution in [0.25, 0.3) is 0 Å². The fourth-order valence-corrected chi connectivity index (χ4v) is 2.92. The Bertz CT molecular complexity index is 942. The van der Waals surface area contributed by atoms with Gasteiger partial charge in [0.15, 0.2) is 0 Å². The molecule has 1 unspecified atom stereocenters. The van der Waals surface area contributed by atoms with Crippen molar-refractivity contribution in [1.29, 1.82) is 0 Å². The summed E-state index contributed by atoms with van der Waals surface area (Å²) >= 11 is 0. The molecule has 0 aliphatic rings. The molecule has 0 heterocycles. The summed E-state index contributed by atoms with van der Waals surface area (Å²) in [6, 6.07) is 10.4. The van der Waals surface area contributed by atoms with E-state index in [4.69, 9.17) is 15.2 Å². The first-order chi connectivity index (χ1) is 14.9. The van der Waals surface area contributed by atoms with Crippen LogP contribution in [0.2, 0.25) is 0 Å². The van der Waals surface area contributed by atoms with E-state index in [0.717, 1.165) is 0 Å². The van der Waals surface area contributed by atoms with Gasteiger partial charge in [-0.05, 0) is 62.9 Å². The second-order valence-electron chi connectivity index (χ2n) is 8.78. The second kappa shape index (κ2) is 10.8. The van der Waals surface area contributed by atoms with Crippen molar-refractivity contribution in [1.82, 2.24) is 4.90 Å². The number of nitrogens with zero attached hydrogens (tertiary/aromatic N) is 1. The molecule has 174 valence electrons. The topological polar surface area (TPSA) is 102 Å². The van der Waals surface area contributed by atoms with E-state index in [9.17, 15) is 19.1 Å². The third-order valence-corrected chi connectivity index (χ3v) is 4.58. The Labute approximate surface area is 187 Å². The number of phenols is 1. The summed E-state index contributed by atoms with van der Waals surface area (Å²) in [5.74, 6) is -0.857. The van der Waals surface area contributed by atoms with Gasteiger partial charge in [0, 0.05) is 19.2 Å². The molecule has 0 saturated heterocycles. The number of rotatable bonds is 9. The van der Waals surface area contributed by atoms with Gasteiger partial charge in [-0.1, -0.05) is 19.1 Å². The molecule has 0 aromatic heterocycles. The molecule has 2 rings (SSSR count). The van der Waals surface area contributed by atoms with Crippen molar-refractivity contribution in [2.75, 3.05) is 13.2 Å². The Morgan fingerprint density at radius 2 is 1.91 bits per heavy atom. The molecule has 0 bridgehead atoms. The number of primary amides is 1. The largest absolute Gasteiger partial charge is 0.507 e. The number of aromatic hydroxyl groups is 1. The molecule has 2 aromatic rings. The van der Waals surface area contributed by atoms with Crippen LogP contribution < -0.4 is 10.5 Å². The van der Waals surface area contributed by atoms with Crippen molar-refractivity contribution in [3.63, 3.8) is 0 Å². The van der Waals surface area contributed by atoms with Crippen LogP contribution in [0, 0.1) is 11.7 Å². The molecule has 0 fully saturated rings. The maximum absolute atomic E-state index is 13.6. The van der Waals surface area contributed by atoms with Crippen LogP contribution in [0.15, 0.2) is 42.5 Å². The van der Waals surface area contributed by atoms with Crippen molar-refractivity contribution in [3.8, 4) is 11.5 Å². The van der Waals surface area contributed by atoms with E-state index in [2.05, 4.69) is 0 Å². The number of nitrogens with two attached hydrogens (primary N) is 1. The van der Waals surface area contributed by atoms with Crippen LogP contribution in [0.1, 0.15) is 50.0 Å². The molecule has 0 aliphatic carbocycles. The Kier molecular flexibility index (Phi) is 8.46. The number of carbonyl (C=O) groups excluding carboxylic acids is 2. The molecule has 0 spiro atoms. The molecule has 0 radical (unpaired) electrons. The van der Waals surface area contributed by atoms with E-state index in [1.54, 1.807) is 43.9 Å². The van der Waals surface area contributed by atoms with E-state index in [-0.39, 0.29) is 29.6 Å². The summed E-state index contributed by atoms with van der Waals surface area (Å²) < 4.78 is 24.8. The van der Waals surface area contributed by atoms with E-state index in [0.29, 0.717) is 30.9 Å². The molecule has 3 N–H and O–H groups in total. The zero-order valence-electron chi connectivity index (χ0n) is 18.9. The van der Waals surface area contributed by atoms with Crippen LogP contribution in [0.5, 0.6) is 11.5 Å². The number of hydrogen-bond acceptors (Lipinski definition) is 5. The summed E-state index contributed by atoms with van der Waals surface area (Å²) in [4.78, 5) is 25.4. The molecule has 8 heteroatoms.